The maximum absolute atomic E-state index is 11.7. The highest BCUT2D eigenvalue weighted by Gasteiger charge is 2.20. The average molecular weight is 239 g/mol. The van der Waals surface area contributed by atoms with Crippen LogP contribution in [0.15, 0.2) is 12.5 Å². The van der Waals surface area contributed by atoms with E-state index in [1.807, 2.05) is 13.2 Å². The first kappa shape index (κ1) is 13.2. The molecule has 0 saturated heterocycles. The molecule has 0 bridgehead atoms. The van der Waals surface area contributed by atoms with Crippen molar-refractivity contribution < 1.29 is 14.3 Å². The number of nitrogens with one attached hydrogen (secondary N) is 1. The van der Waals surface area contributed by atoms with Crippen molar-refractivity contribution in [3.05, 3.63) is 18.2 Å². The molecule has 0 spiro atoms. The third kappa shape index (κ3) is 3.90. The highest BCUT2D eigenvalue weighted by molar-refractivity contribution is 5.87. The van der Waals surface area contributed by atoms with Crippen molar-refractivity contribution in [3.63, 3.8) is 0 Å². The van der Waals surface area contributed by atoms with Crippen LogP contribution in [0.1, 0.15) is 19.0 Å². The van der Waals surface area contributed by atoms with E-state index in [4.69, 9.17) is 0 Å². The highest BCUT2D eigenvalue weighted by atomic mass is 16.5. The number of nitrogens with zero attached hydrogens (tertiary/aromatic N) is 2. The second-order valence-electron chi connectivity index (χ2n) is 3.74. The first-order valence-electron chi connectivity index (χ1n) is 5.40. The van der Waals surface area contributed by atoms with Gasteiger partial charge in [0, 0.05) is 26.1 Å². The second kappa shape index (κ2) is 6.03. The predicted molar refractivity (Wildman–Crippen MR) is 61.5 cm³/mol. The molecule has 0 aromatic carbocycles. The van der Waals surface area contributed by atoms with Crippen LogP contribution >= 0.6 is 0 Å². The Balaban J connectivity index is 2.69. The number of hydrogen-bond donors (Lipinski definition) is 1. The summed E-state index contributed by atoms with van der Waals surface area (Å²) in [5.74, 6) is -0.0407. The fourth-order valence-electron chi connectivity index (χ4n) is 1.47. The quantitative estimate of drug-likeness (QED) is 0.819. The lowest BCUT2D eigenvalue weighted by Gasteiger charge is -2.14. The van der Waals surface area contributed by atoms with E-state index in [0.717, 1.165) is 5.69 Å². The molecule has 1 rings (SSSR count). The topological polar surface area (TPSA) is 73.2 Å². The number of carbonyl (C=O) groups excluding carboxylic acids is 2. The van der Waals surface area contributed by atoms with Gasteiger partial charge in [0.05, 0.1) is 25.2 Å². The van der Waals surface area contributed by atoms with Crippen LogP contribution in [0.25, 0.3) is 0 Å². The van der Waals surface area contributed by atoms with Crippen LogP contribution in [-0.2, 0) is 23.0 Å². The molecule has 0 radical (unpaired) electrons. The lowest BCUT2D eigenvalue weighted by Crippen LogP contribution is -2.42. The Labute approximate surface area is 100.0 Å². The number of Topliss-reactive ketones (excluding diaryl/α,β-unsaturated/α-hetero) is 1. The average Bonchev–Trinajstić information content (AvgIpc) is 2.72. The first-order valence-corrected chi connectivity index (χ1v) is 5.40. The van der Waals surface area contributed by atoms with Gasteiger partial charge in [-0.25, -0.2) is 9.78 Å². The molecule has 6 nitrogen and oxygen atoms in total. The molecule has 94 valence electrons. The van der Waals surface area contributed by atoms with Crippen molar-refractivity contribution in [2.24, 2.45) is 7.05 Å². The lowest BCUT2D eigenvalue weighted by atomic mass is 10.1. The number of alkyl carbamates (subject to hydrolysis) is 1. The number of aromatic nitrogens is 2. The Hall–Kier alpha value is -1.85. The van der Waals surface area contributed by atoms with Gasteiger partial charge in [0.25, 0.3) is 0 Å². The van der Waals surface area contributed by atoms with Gasteiger partial charge >= 0.3 is 6.09 Å². The van der Waals surface area contributed by atoms with E-state index >= 15 is 0 Å². The van der Waals surface area contributed by atoms with Gasteiger partial charge in [0.2, 0.25) is 0 Å². The molecule has 0 aliphatic rings. The maximum Gasteiger partial charge on any atom is 0.407 e. The molecule has 0 saturated carbocycles. The molecule has 1 amide bonds. The Morgan fingerprint density at radius 3 is 2.76 bits per heavy atom. The zero-order valence-corrected chi connectivity index (χ0v) is 10.3. The zero-order chi connectivity index (χ0) is 12.8. The Morgan fingerprint density at radius 2 is 2.29 bits per heavy atom. The van der Waals surface area contributed by atoms with Crippen molar-refractivity contribution in [1.29, 1.82) is 0 Å². The number of imidazole rings is 1. The fraction of sp³-hybridized carbons (Fsp3) is 0.545. The fourth-order valence-corrected chi connectivity index (χ4v) is 1.47. The molecular formula is C11H17N3O3. The number of methoxy groups -OCH3 is 1. The van der Waals surface area contributed by atoms with Gasteiger partial charge in [-0.1, -0.05) is 6.92 Å². The number of rotatable bonds is 5. The van der Waals surface area contributed by atoms with Gasteiger partial charge in [-0.15, -0.1) is 0 Å². The number of amides is 1. The molecule has 6 heteroatoms. The molecule has 1 aromatic heterocycles. The standard InChI is InChI=1S/C11H17N3O3/c1-4-10(15)9(13-11(16)17-3)5-8-6-14(2)7-12-8/h6-7,9H,4-5H2,1-3H3,(H,13,16). The van der Waals surface area contributed by atoms with Crippen LogP contribution in [0.5, 0.6) is 0 Å². The summed E-state index contributed by atoms with van der Waals surface area (Å²) in [4.78, 5) is 26.9. The molecule has 1 N–H and O–H groups in total. The smallest absolute Gasteiger partial charge is 0.407 e. The SMILES string of the molecule is CCC(=O)C(Cc1cn(C)cn1)NC(=O)OC. The molecule has 0 fully saturated rings. The molecule has 1 unspecified atom stereocenters. The van der Waals surface area contributed by atoms with Gasteiger partial charge in [-0.05, 0) is 0 Å². The minimum atomic E-state index is -0.604. The summed E-state index contributed by atoms with van der Waals surface area (Å²) in [7, 11) is 3.12. The first-order chi connectivity index (χ1) is 8.06. The molecule has 0 aliphatic carbocycles. The van der Waals surface area contributed by atoms with Crippen LogP contribution in [0.3, 0.4) is 0 Å². The number of hydrogen-bond acceptors (Lipinski definition) is 4. The molecule has 1 atom stereocenters. The summed E-state index contributed by atoms with van der Waals surface area (Å²) in [6.07, 6.45) is 3.60. The predicted octanol–water partition coefficient (Wildman–Crippen LogP) is 0.666. The third-order valence-corrected chi connectivity index (χ3v) is 2.39. The monoisotopic (exact) mass is 239 g/mol. The zero-order valence-electron chi connectivity index (χ0n) is 10.3. The summed E-state index contributed by atoms with van der Waals surface area (Å²) in [6, 6.07) is -0.581. The van der Waals surface area contributed by atoms with Crippen LogP contribution in [0.4, 0.5) is 4.79 Å². The van der Waals surface area contributed by atoms with Crippen molar-refractivity contribution in [2.75, 3.05) is 7.11 Å². The number of ketones is 1. The number of carbonyl (C=O) groups is 2. The van der Waals surface area contributed by atoms with Gasteiger partial charge in [0.15, 0.2) is 5.78 Å². The maximum atomic E-state index is 11.7. The molecule has 1 heterocycles. The van der Waals surface area contributed by atoms with E-state index < -0.39 is 12.1 Å². The van der Waals surface area contributed by atoms with E-state index in [1.54, 1.807) is 17.8 Å². The van der Waals surface area contributed by atoms with Gasteiger partial charge in [0.1, 0.15) is 0 Å². The van der Waals surface area contributed by atoms with Crippen LogP contribution in [0.2, 0.25) is 0 Å². The third-order valence-electron chi connectivity index (χ3n) is 2.39. The summed E-state index contributed by atoms with van der Waals surface area (Å²) in [5, 5.41) is 2.52. The van der Waals surface area contributed by atoms with E-state index in [9.17, 15) is 9.59 Å². The van der Waals surface area contributed by atoms with Gasteiger partial charge in [-0.2, -0.15) is 0 Å². The van der Waals surface area contributed by atoms with E-state index in [2.05, 4.69) is 15.0 Å². The number of aryl methyl sites for hydroxylation is 1. The van der Waals surface area contributed by atoms with Gasteiger partial charge in [-0.3, -0.25) is 4.79 Å². The molecule has 0 aliphatic heterocycles. The van der Waals surface area contributed by atoms with Crippen molar-refractivity contribution in [3.8, 4) is 0 Å². The molecular weight excluding hydrogens is 222 g/mol. The second-order valence-corrected chi connectivity index (χ2v) is 3.74. The minimum Gasteiger partial charge on any atom is -0.453 e. The van der Waals surface area contributed by atoms with Crippen LogP contribution < -0.4 is 5.32 Å². The van der Waals surface area contributed by atoms with Crippen molar-refractivity contribution in [2.45, 2.75) is 25.8 Å². The van der Waals surface area contributed by atoms with E-state index in [-0.39, 0.29) is 5.78 Å². The van der Waals surface area contributed by atoms with E-state index in [0.29, 0.717) is 12.8 Å². The summed E-state index contributed by atoms with van der Waals surface area (Å²) >= 11 is 0. The van der Waals surface area contributed by atoms with E-state index in [1.165, 1.54) is 7.11 Å². The molecule has 1 aromatic rings. The molecule has 17 heavy (non-hydrogen) atoms. The van der Waals surface area contributed by atoms with Crippen LogP contribution in [0, 0.1) is 0 Å². The number of ether oxygens (including phenoxy) is 1. The Bertz CT molecular complexity index is 400. The Kier molecular flexibility index (Phi) is 4.68. The Morgan fingerprint density at radius 1 is 1.59 bits per heavy atom. The van der Waals surface area contributed by atoms with Gasteiger partial charge < -0.3 is 14.6 Å². The summed E-state index contributed by atoms with van der Waals surface area (Å²) < 4.78 is 6.28. The lowest BCUT2D eigenvalue weighted by molar-refractivity contribution is -0.120. The van der Waals surface area contributed by atoms with Crippen LogP contribution in [-0.4, -0.2) is 34.6 Å². The summed E-state index contributed by atoms with van der Waals surface area (Å²) in [6.45, 7) is 1.76. The minimum absolute atomic E-state index is 0.0407. The van der Waals surface area contributed by atoms with Crippen molar-refractivity contribution >= 4 is 11.9 Å². The highest BCUT2D eigenvalue weighted by Crippen LogP contribution is 2.03. The summed E-state index contributed by atoms with van der Waals surface area (Å²) in [5.41, 5.74) is 0.760. The largest absolute Gasteiger partial charge is 0.453 e. The van der Waals surface area contributed by atoms with Crippen molar-refractivity contribution in [1.82, 2.24) is 14.9 Å². The normalized spacial score (nSPS) is 11.9.